The summed E-state index contributed by atoms with van der Waals surface area (Å²) in [5, 5.41) is 12.7. The zero-order chi connectivity index (χ0) is 14.5. The number of ether oxygens (including phenoxy) is 1. The second-order valence-corrected chi connectivity index (χ2v) is 5.25. The van der Waals surface area contributed by atoms with E-state index in [4.69, 9.17) is 4.74 Å². The van der Waals surface area contributed by atoms with E-state index in [9.17, 15) is 5.11 Å². The summed E-state index contributed by atoms with van der Waals surface area (Å²) in [4.78, 5) is 8.61. The fourth-order valence-electron chi connectivity index (χ4n) is 2.41. The highest BCUT2D eigenvalue weighted by atomic mass is 16.5. The molecule has 0 radical (unpaired) electrons. The van der Waals surface area contributed by atoms with Gasteiger partial charge in [0.25, 0.3) is 0 Å². The number of phenolic OH excluding ortho intramolecular Hbond substituents is 1. The van der Waals surface area contributed by atoms with Gasteiger partial charge in [0.15, 0.2) is 11.6 Å². The molecule has 1 fully saturated rings. The first-order valence-electron chi connectivity index (χ1n) is 7.29. The summed E-state index contributed by atoms with van der Waals surface area (Å²) in [5.74, 6) is 1.54. The molecule has 0 spiro atoms. The van der Waals surface area contributed by atoms with Crippen molar-refractivity contribution >= 4 is 0 Å². The number of aromatic nitrogens is 2. The van der Waals surface area contributed by atoms with E-state index in [1.807, 2.05) is 0 Å². The van der Waals surface area contributed by atoms with Crippen LogP contribution in [0.2, 0.25) is 0 Å². The molecule has 110 valence electrons. The van der Waals surface area contributed by atoms with Gasteiger partial charge in [0, 0.05) is 11.6 Å². The third kappa shape index (κ3) is 3.70. The average molecular weight is 285 g/mol. The second-order valence-electron chi connectivity index (χ2n) is 5.25. The molecule has 1 aliphatic rings. The van der Waals surface area contributed by atoms with Gasteiger partial charge in [0.2, 0.25) is 0 Å². The molecule has 1 aliphatic heterocycles. The van der Waals surface area contributed by atoms with E-state index >= 15 is 0 Å². The van der Waals surface area contributed by atoms with Crippen LogP contribution in [0.4, 0.5) is 0 Å². The van der Waals surface area contributed by atoms with Crippen molar-refractivity contribution in [2.24, 2.45) is 0 Å². The van der Waals surface area contributed by atoms with E-state index in [2.05, 4.69) is 15.3 Å². The highest BCUT2D eigenvalue weighted by Crippen LogP contribution is 2.19. The van der Waals surface area contributed by atoms with Crippen molar-refractivity contribution in [3.63, 3.8) is 0 Å². The molecule has 5 nitrogen and oxygen atoms in total. The lowest BCUT2D eigenvalue weighted by Gasteiger charge is -2.23. The van der Waals surface area contributed by atoms with Gasteiger partial charge < -0.3 is 15.2 Å². The van der Waals surface area contributed by atoms with Crippen LogP contribution in [0.3, 0.4) is 0 Å². The molecule has 1 unspecified atom stereocenters. The fraction of sp³-hybridized carbons (Fsp3) is 0.375. The zero-order valence-electron chi connectivity index (χ0n) is 11.8. The van der Waals surface area contributed by atoms with Crippen molar-refractivity contribution in [1.29, 1.82) is 0 Å². The number of hydrogen-bond acceptors (Lipinski definition) is 5. The van der Waals surface area contributed by atoms with Crippen LogP contribution in [0, 0.1) is 0 Å². The Morgan fingerprint density at radius 1 is 1.14 bits per heavy atom. The van der Waals surface area contributed by atoms with Crippen molar-refractivity contribution < 1.29 is 9.84 Å². The molecule has 0 saturated carbocycles. The van der Waals surface area contributed by atoms with Gasteiger partial charge in [-0.3, -0.25) is 0 Å². The highest BCUT2D eigenvalue weighted by Gasteiger charge is 2.13. The van der Waals surface area contributed by atoms with Gasteiger partial charge >= 0.3 is 0 Å². The van der Waals surface area contributed by atoms with E-state index in [0.717, 1.165) is 18.5 Å². The molecule has 5 heteroatoms. The number of piperidine rings is 1. The summed E-state index contributed by atoms with van der Waals surface area (Å²) in [6, 6.07) is 7.25. The van der Waals surface area contributed by atoms with Crippen LogP contribution in [0.1, 0.15) is 19.3 Å². The van der Waals surface area contributed by atoms with Gasteiger partial charge in [-0.15, -0.1) is 0 Å². The lowest BCUT2D eigenvalue weighted by atomic mass is 10.1. The van der Waals surface area contributed by atoms with Crippen LogP contribution in [0.5, 0.6) is 11.5 Å². The van der Waals surface area contributed by atoms with Crippen molar-refractivity contribution in [3.05, 3.63) is 36.7 Å². The number of aromatic hydroxyl groups is 1. The molecule has 0 aliphatic carbocycles. The molecule has 0 amide bonds. The number of benzene rings is 1. The molecule has 2 heterocycles. The quantitative estimate of drug-likeness (QED) is 0.902. The minimum atomic E-state index is 0.235. The average Bonchev–Trinajstić information content (AvgIpc) is 2.55. The molecule has 2 N–H and O–H groups in total. The van der Waals surface area contributed by atoms with Crippen molar-refractivity contribution in [2.75, 3.05) is 13.2 Å². The standard InChI is InChI=1S/C16H19N3O2/c20-14-6-4-12(5-7-14)16-18-9-15(10-19-16)21-11-13-3-1-2-8-17-13/h4-7,9-10,13,17,20H,1-3,8,11H2. The van der Waals surface area contributed by atoms with Crippen LogP contribution >= 0.6 is 0 Å². The van der Waals surface area contributed by atoms with E-state index < -0.39 is 0 Å². The summed E-state index contributed by atoms with van der Waals surface area (Å²) in [5.41, 5.74) is 0.869. The summed E-state index contributed by atoms with van der Waals surface area (Å²) >= 11 is 0. The smallest absolute Gasteiger partial charge is 0.159 e. The van der Waals surface area contributed by atoms with Gasteiger partial charge in [-0.1, -0.05) is 6.42 Å². The maximum absolute atomic E-state index is 9.27. The molecular weight excluding hydrogens is 266 g/mol. The number of rotatable bonds is 4. The van der Waals surface area contributed by atoms with Gasteiger partial charge in [-0.25, -0.2) is 9.97 Å². The SMILES string of the molecule is Oc1ccc(-c2ncc(OCC3CCCCN3)cn2)cc1. The molecule has 1 aromatic carbocycles. The fourth-order valence-corrected chi connectivity index (χ4v) is 2.41. The van der Waals surface area contributed by atoms with Crippen LogP contribution in [-0.4, -0.2) is 34.3 Å². The number of nitrogens with one attached hydrogen (secondary N) is 1. The first-order chi connectivity index (χ1) is 10.3. The minimum absolute atomic E-state index is 0.235. The Labute approximate surface area is 124 Å². The molecule has 21 heavy (non-hydrogen) atoms. The van der Waals surface area contributed by atoms with Crippen LogP contribution in [0.15, 0.2) is 36.7 Å². The number of nitrogens with zero attached hydrogens (tertiary/aromatic N) is 2. The Morgan fingerprint density at radius 3 is 2.57 bits per heavy atom. The normalized spacial score (nSPS) is 18.4. The van der Waals surface area contributed by atoms with Crippen molar-refractivity contribution in [2.45, 2.75) is 25.3 Å². The van der Waals surface area contributed by atoms with Crippen molar-refractivity contribution in [3.8, 4) is 22.9 Å². The summed E-state index contributed by atoms with van der Waals surface area (Å²) in [6.45, 7) is 1.73. The lowest BCUT2D eigenvalue weighted by Crippen LogP contribution is -2.38. The van der Waals surface area contributed by atoms with E-state index in [0.29, 0.717) is 24.2 Å². The molecule has 1 atom stereocenters. The summed E-state index contributed by atoms with van der Waals surface area (Å²) in [7, 11) is 0. The maximum Gasteiger partial charge on any atom is 0.159 e. The third-order valence-electron chi connectivity index (χ3n) is 3.62. The summed E-state index contributed by atoms with van der Waals surface area (Å²) < 4.78 is 5.73. The maximum atomic E-state index is 9.27. The van der Waals surface area contributed by atoms with E-state index in [-0.39, 0.29) is 5.75 Å². The van der Waals surface area contributed by atoms with Crippen LogP contribution in [0.25, 0.3) is 11.4 Å². The first-order valence-corrected chi connectivity index (χ1v) is 7.29. The first kappa shape index (κ1) is 13.8. The Bertz CT molecular complexity index is 563. The van der Waals surface area contributed by atoms with Crippen molar-refractivity contribution in [1.82, 2.24) is 15.3 Å². The summed E-state index contributed by atoms with van der Waals surface area (Å²) in [6.07, 6.45) is 7.06. The van der Waals surface area contributed by atoms with Crippen LogP contribution in [-0.2, 0) is 0 Å². The van der Waals surface area contributed by atoms with Gasteiger partial charge in [-0.05, 0) is 43.7 Å². The Kier molecular flexibility index (Phi) is 4.31. The molecule has 1 aromatic heterocycles. The van der Waals surface area contributed by atoms with E-state index in [1.54, 1.807) is 36.7 Å². The highest BCUT2D eigenvalue weighted by molar-refractivity contribution is 5.55. The third-order valence-corrected chi connectivity index (χ3v) is 3.62. The zero-order valence-corrected chi connectivity index (χ0v) is 11.8. The number of phenols is 1. The van der Waals surface area contributed by atoms with E-state index in [1.165, 1.54) is 12.8 Å². The van der Waals surface area contributed by atoms with Crippen LogP contribution < -0.4 is 10.1 Å². The predicted octanol–water partition coefficient (Wildman–Crippen LogP) is 2.37. The second kappa shape index (κ2) is 6.54. The topological polar surface area (TPSA) is 67.3 Å². The largest absolute Gasteiger partial charge is 0.508 e. The molecular formula is C16H19N3O2. The number of hydrogen-bond donors (Lipinski definition) is 2. The minimum Gasteiger partial charge on any atom is -0.508 e. The monoisotopic (exact) mass is 285 g/mol. The van der Waals surface area contributed by atoms with Gasteiger partial charge in [0.1, 0.15) is 12.4 Å². The Morgan fingerprint density at radius 2 is 1.90 bits per heavy atom. The predicted molar refractivity (Wildman–Crippen MR) is 80.3 cm³/mol. The molecule has 1 saturated heterocycles. The molecule has 3 rings (SSSR count). The molecule has 2 aromatic rings. The Balaban J connectivity index is 1.59. The lowest BCUT2D eigenvalue weighted by molar-refractivity contribution is 0.237. The Hall–Kier alpha value is -2.14. The molecule has 0 bridgehead atoms. The van der Waals surface area contributed by atoms with Gasteiger partial charge in [0.05, 0.1) is 12.4 Å². The van der Waals surface area contributed by atoms with Gasteiger partial charge in [-0.2, -0.15) is 0 Å².